The van der Waals surface area contributed by atoms with E-state index in [9.17, 15) is 22.8 Å². The average Bonchev–Trinajstić information content (AvgIpc) is 2.86. The van der Waals surface area contributed by atoms with E-state index >= 15 is 0 Å². The van der Waals surface area contributed by atoms with Crippen molar-refractivity contribution in [3.8, 4) is 0 Å². The first kappa shape index (κ1) is 22.6. The summed E-state index contributed by atoms with van der Waals surface area (Å²) in [6.45, 7) is 0. The van der Waals surface area contributed by atoms with Crippen LogP contribution in [0, 0.1) is 0 Å². The number of hydrogen-bond donors (Lipinski definition) is 2. The summed E-state index contributed by atoms with van der Waals surface area (Å²) >= 11 is 6.96. The number of benzene rings is 1. The number of rotatable bonds is 4. The molecule has 2 fully saturated rings. The Bertz CT molecular complexity index is 879. The van der Waals surface area contributed by atoms with Gasteiger partial charge in [0.2, 0.25) is 11.8 Å². The van der Waals surface area contributed by atoms with E-state index in [0.717, 1.165) is 61.4 Å². The molecule has 0 spiro atoms. The summed E-state index contributed by atoms with van der Waals surface area (Å²) in [7, 11) is 0. The molecule has 2 aliphatic rings. The first-order chi connectivity index (χ1) is 14.2. The number of halogens is 4. The maximum Gasteiger partial charge on any atom is 0.416 e. The molecule has 6 nitrogen and oxygen atoms in total. The zero-order valence-corrected chi connectivity index (χ0v) is 17.5. The Morgan fingerprint density at radius 3 is 2.57 bits per heavy atom. The molecule has 0 radical (unpaired) electrons. The van der Waals surface area contributed by atoms with Gasteiger partial charge in [0.1, 0.15) is 5.25 Å². The Kier molecular flexibility index (Phi) is 7.41. The Hall–Kier alpha value is -2.07. The van der Waals surface area contributed by atoms with Gasteiger partial charge < -0.3 is 10.6 Å². The fourth-order valence-corrected chi connectivity index (χ4v) is 4.19. The number of nitrogens with zero attached hydrogens (tertiary/aromatic N) is 2. The highest BCUT2D eigenvalue weighted by atomic mass is 35.5. The second kappa shape index (κ2) is 9.82. The van der Waals surface area contributed by atoms with Crippen LogP contribution >= 0.6 is 23.4 Å². The zero-order chi connectivity index (χ0) is 21.7. The van der Waals surface area contributed by atoms with E-state index in [1.54, 1.807) is 0 Å². The third kappa shape index (κ3) is 6.21. The molecule has 11 heteroatoms. The number of amidine groups is 1. The van der Waals surface area contributed by atoms with Gasteiger partial charge in [-0.15, -0.1) is 5.10 Å². The topological polar surface area (TPSA) is 82.9 Å². The number of carbonyl (C=O) groups is 2. The van der Waals surface area contributed by atoms with Gasteiger partial charge in [-0.1, -0.05) is 36.2 Å². The van der Waals surface area contributed by atoms with Crippen LogP contribution in [0.25, 0.3) is 0 Å². The Balaban J connectivity index is 1.60. The summed E-state index contributed by atoms with van der Waals surface area (Å²) in [6, 6.07) is 2.66. The van der Waals surface area contributed by atoms with Gasteiger partial charge in [0.25, 0.3) is 0 Å². The molecule has 30 heavy (non-hydrogen) atoms. The van der Waals surface area contributed by atoms with Crippen molar-refractivity contribution in [1.82, 2.24) is 5.32 Å². The number of thioether (sulfide) groups is 1. The number of carbonyl (C=O) groups excluding carboxylic acids is 2. The van der Waals surface area contributed by atoms with Gasteiger partial charge in [0.05, 0.1) is 16.3 Å². The highest BCUT2D eigenvalue weighted by molar-refractivity contribution is 8.15. The lowest BCUT2D eigenvalue weighted by Crippen LogP contribution is -2.28. The van der Waals surface area contributed by atoms with E-state index < -0.39 is 28.8 Å². The van der Waals surface area contributed by atoms with E-state index in [4.69, 9.17) is 11.6 Å². The van der Waals surface area contributed by atoms with E-state index in [1.807, 2.05) is 0 Å². The number of alkyl halides is 3. The predicted octanol–water partition coefficient (Wildman–Crippen LogP) is 4.99. The monoisotopic (exact) mass is 460 g/mol. The maximum absolute atomic E-state index is 12.9. The van der Waals surface area contributed by atoms with E-state index in [2.05, 4.69) is 20.8 Å². The normalized spacial score (nSPS) is 21.3. The number of anilines is 1. The lowest BCUT2D eigenvalue weighted by atomic mass is 10.2. The van der Waals surface area contributed by atoms with Crippen LogP contribution in [-0.4, -0.2) is 27.9 Å². The van der Waals surface area contributed by atoms with Crippen molar-refractivity contribution in [2.45, 2.75) is 56.4 Å². The molecule has 2 amide bonds. The van der Waals surface area contributed by atoms with Crippen LogP contribution in [0.2, 0.25) is 5.02 Å². The van der Waals surface area contributed by atoms with Gasteiger partial charge in [-0.25, -0.2) is 0 Å². The van der Waals surface area contributed by atoms with Gasteiger partial charge in [-0.05, 0) is 43.9 Å². The number of hydrogen-bond acceptors (Lipinski definition) is 5. The quantitative estimate of drug-likeness (QED) is 0.490. The molecule has 1 aliphatic heterocycles. The summed E-state index contributed by atoms with van der Waals surface area (Å²) < 4.78 is 38.6. The molecule has 1 heterocycles. The maximum atomic E-state index is 12.9. The van der Waals surface area contributed by atoms with Crippen molar-refractivity contribution in [1.29, 1.82) is 0 Å². The predicted molar refractivity (Wildman–Crippen MR) is 112 cm³/mol. The van der Waals surface area contributed by atoms with E-state index in [0.29, 0.717) is 5.17 Å². The fourth-order valence-electron chi connectivity index (χ4n) is 3.11. The minimum Gasteiger partial charge on any atom is -0.325 e. The van der Waals surface area contributed by atoms with Crippen LogP contribution in [0.3, 0.4) is 0 Å². The molecule has 1 aromatic rings. The smallest absolute Gasteiger partial charge is 0.325 e. The number of nitrogens with one attached hydrogen (secondary N) is 2. The fraction of sp³-hybridized carbons (Fsp3) is 0.474. The van der Waals surface area contributed by atoms with Crippen molar-refractivity contribution in [2.75, 3.05) is 5.32 Å². The number of amides is 2. The van der Waals surface area contributed by atoms with Crippen LogP contribution in [0.5, 0.6) is 0 Å². The average molecular weight is 461 g/mol. The third-order valence-corrected chi connectivity index (χ3v) is 6.08. The largest absolute Gasteiger partial charge is 0.416 e. The molecule has 2 N–H and O–H groups in total. The van der Waals surface area contributed by atoms with Gasteiger partial charge in [-0.3, -0.25) is 9.59 Å². The van der Waals surface area contributed by atoms with Gasteiger partial charge in [0.15, 0.2) is 5.17 Å². The lowest BCUT2D eigenvalue weighted by molar-refractivity contribution is -0.137. The van der Waals surface area contributed by atoms with Crippen molar-refractivity contribution in [2.24, 2.45) is 10.2 Å². The standard InChI is InChI=1S/C19H20ClF3N4O2S/c20-13-8-7-11(19(21,22)23)9-14(13)24-16(28)10-15-17(29)25-18(30-15)27-26-12-5-3-1-2-4-6-12/h7-9,15H,1-6,10H2,(H,24,28)(H,25,27,29)/t15-/m0/s1. The second-order valence-corrected chi connectivity index (χ2v) is 8.62. The molecule has 1 aromatic carbocycles. The van der Waals surface area contributed by atoms with Crippen molar-refractivity contribution >= 4 is 51.7 Å². The molecule has 0 unspecified atom stereocenters. The molecular formula is C19H20ClF3N4O2S. The lowest BCUT2D eigenvalue weighted by Gasteiger charge is -2.12. The molecule has 1 saturated carbocycles. The second-order valence-electron chi connectivity index (χ2n) is 7.03. The molecular weight excluding hydrogens is 441 g/mol. The molecule has 162 valence electrons. The highest BCUT2D eigenvalue weighted by Gasteiger charge is 2.33. The minimum atomic E-state index is -4.56. The summed E-state index contributed by atoms with van der Waals surface area (Å²) in [5, 5.41) is 12.8. The van der Waals surface area contributed by atoms with E-state index in [-0.39, 0.29) is 17.1 Å². The SMILES string of the molecule is O=C(C[C@@H]1S/C(=N/N=C2CCCCCC2)NC1=O)Nc1cc(C(F)(F)F)ccc1Cl. The van der Waals surface area contributed by atoms with Crippen LogP contribution in [0.1, 0.15) is 50.5 Å². The van der Waals surface area contributed by atoms with Crippen LogP contribution in [0.4, 0.5) is 18.9 Å². The first-order valence-electron chi connectivity index (χ1n) is 9.50. The summed E-state index contributed by atoms with van der Waals surface area (Å²) in [5.41, 5.74) is -0.0917. The Labute approximate surface area is 180 Å². The molecule has 1 saturated heterocycles. The molecule has 1 atom stereocenters. The van der Waals surface area contributed by atoms with E-state index in [1.165, 1.54) is 12.8 Å². The summed E-state index contributed by atoms with van der Waals surface area (Å²) in [6.07, 6.45) is 1.47. The zero-order valence-electron chi connectivity index (χ0n) is 15.9. The minimum absolute atomic E-state index is 0.0265. The molecule has 3 rings (SSSR count). The highest BCUT2D eigenvalue weighted by Crippen LogP contribution is 2.34. The van der Waals surface area contributed by atoms with Crippen molar-refractivity contribution in [3.05, 3.63) is 28.8 Å². The molecule has 1 aliphatic carbocycles. The van der Waals surface area contributed by atoms with Gasteiger partial charge in [-0.2, -0.15) is 18.3 Å². The van der Waals surface area contributed by atoms with Crippen LogP contribution in [-0.2, 0) is 15.8 Å². The van der Waals surface area contributed by atoms with Crippen molar-refractivity contribution in [3.63, 3.8) is 0 Å². The third-order valence-electron chi connectivity index (χ3n) is 4.68. The van der Waals surface area contributed by atoms with Crippen molar-refractivity contribution < 1.29 is 22.8 Å². The Morgan fingerprint density at radius 1 is 1.20 bits per heavy atom. The van der Waals surface area contributed by atoms with Crippen LogP contribution < -0.4 is 10.6 Å². The molecule has 0 aromatic heterocycles. The van der Waals surface area contributed by atoms with Gasteiger partial charge >= 0.3 is 6.18 Å². The summed E-state index contributed by atoms with van der Waals surface area (Å²) in [4.78, 5) is 24.4. The first-order valence-corrected chi connectivity index (χ1v) is 10.8. The van der Waals surface area contributed by atoms with Crippen LogP contribution in [0.15, 0.2) is 28.4 Å². The molecule has 0 bridgehead atoms. The van der Waals surface area contributed by atoms with Gasteiger partial charge in [0, 0.05) is 12.1 Å². The Morgan fingerprint density at radius 2 is 1.90 bits per heavy atom. The summed E-state index contributed by atoms with van der Waals surface area (Å²) in [5.74, 6) is -1.02.